The summed E-state index contributed by atoms with van der Waals surface area (Å²) >= 11 is 0. The molecule has 1 aliphatic carbocycles. The lowest BCUT2D eigenvalue weighted by molar-refractivity contribution is -0.139. The van der Waals surface area contributed by atoms with Crippen LogP contribution in [0.1, 0.15) is 38.5 Å². The van der Waals surface area contributed by atoms with Gasteiger partial charge in [0.25, 0.3) is 0 Å². The monoisotopic (exact) mass is 210 g/mol. The number of carbonyl (C=O) groups excluding carboxylic acids is 2. The molecule has 0 saturated heterocycles. The van der Waals surface area contributed by atoms with Gasteiger partial charge in [-0.05, 0) is 12.8 Å². The molecule has 0 unspecified atom stereocenters. The number of hydrogen-bond donors (Lipinski definition) is 0. The number of hydrogen-bond acceptors (Lipinski definition) is 3. The highest BCUT2D eigenvalue weighted by Gasteiger charge is 2.20. The Balaban J connectivity index is 2.17. The van der Waals surface area contributed by atoms with Crippen LogP contribution in [0.15, 0.2) is 12.7 Å². The average Bonchev–Trinajstić information content (AvgIpc) is 2.29. The van der Waals surface area contributed by atoms with Crippen molar-refractivity contribution in [2.45, 2.75) is 38.5 Å². The summed E-state index contributed by atoms with van der Waals surface area (Å²) in [6.45, 7) is 3.48. The van der Waals surface area contributed by atoms with Gasteiger partial charge in [-0.3, -0.25) is 4.79 Å². The Hall–Kier alpha value is -1.12. The van der Waals surface area contributed by atoms with Crippen molar-refractivity contribution in [2.75, 3.05) is 6.61 Å². The van der Waals surface area contributed by atoms with Gasteiger partial charge in [0.05, 0.1) is 6.61 Å². The third-order valence-electron chi connectivity index (χ3n) is 2.82. The van der Waals surface area contributed by atoms with E-state index in [1.807, 2.05) is 0 Å². The zero-order valence-electron chi connectivity index (χ0n) is 9.04. The van der Waals surface area contributed by atoms with Crippen LogP contribution in [-0.2, 0) is 14.3 Å². The number of ketones is 1. The van der Waals surface area contributed by atoms with E-state index in [4.69, 9.17) is 4.74 Å². The fourth-order valence-corrected chi connectivity index (χ4v) is 1.94. The summed E-state index contributed by atoms with van der Waals surface area (Å²) in [6, 6.07) is 0. The van der Waals surface area contributed by atoms with Crippen LogP contribution in [0, 0.1) is 5.92 Å². The molecule has 15 heavy (non-hydrogen) atoms. The lowest BCUT2D eigenvalue weighted by Gasteiger charge is -2.19. The summed E-state index contributed by atoms with van der Waals surface area (Å²) in [6.07, 6.45) is 7.04. The van der Waals surface area contributed by atoms with E-state index < -0.39 is 5.97 Å². The van der Waals surface area contributed by atoms with Crippen LogP contribution >= 0.6 is 0 Å². The smallest absolute Gasteiger partial charge is 0.330 e. The Bertz CT molecular complexity index is 239. The minimum Gasteiger partial charge on any atom is -0.462 e. The summed E-state index contributed by atoms with van der Waals surface area (Å²) in [5, 5.41) is 0. The van der Waals surface area contributed by atoms with E-state index in [2.05, 4.69) is 6.58 Å². The molecule has 0 atom stereocenters. The lowest BCUT2D eigenvalue weighted by Crippen LogP contribution is -2.19. The Labute approximate surface area is 90.5 Å². The van der Waals surface area contributed by atoms with Gasteiger partial charge in [0.2, 0.25) is 0 Å². The van der Waals surface area contributed by atoms with Crippen molar-refractivity contribution in [1.82, 2.24) is 0 Å². The van der Waals surface area contributed by atoms with Gasteiger partial charge in [-0.1, -0.05) is 25.8 Å². The lowest BCUT2D eigenvalue weighted by atomic mass is 9.85. The molecule has 3 nitrogen and oxygen atoms in total. The molecule has 0 radical (unpaired) electrons. The van der Waals surface area contributed by atoms with Gasteiger partial charge < -0.3 is 4.74 Å². The molecule has 0 N–H and O–H groups in total. The van der Waals surface area contributed by atoms with Crippen molar-refractivity contribution in [3.63, 3.8) is 0 Å². The van der Waals surface area contributed by atoms with Gasteiger partial charge >= 0.3 is 5.97 Å². The molecular weight excluding hydrogens is 192 g/mol. The summed E-state index contributed by atoms with van der Waals surface area (Å²) in [5.74, 6) is -0.000750. The predicted octanol–water partition coefficient (Wildman–Crippen LogP) is 2.26. The van der Waals surface area contributed by atoms with Gasteiger partial charge in [0, 0.05) is 18.4 Å². The van der Waals surface area contributed by atoms with E-state index in [9.17, 15) is 9.59 Å². The van der Waals surface area contributed by atoms with E-state index in [0.717, 1.165) is 31.8 Å². The number of rotatable bonds is 5. The normalized spacial score (nSPS) is 17.1. The van der Waals surface area contributed by atoms with Gasteiger partial charge in [0.15, 0.2) is 0 Å². The van der Waals surface area contributed by atoms with Crippen molar-refractivity contribution in [3.8, 4) is 0 Å². The van der Waals surface area contributed by atoms with Crippen LogP contribution in [0.5, 0.6) is 0 Å². The zero-order chi connectivity index (χ0) is 11.1. The van der Waals surface area contributed by atoms with E-state index in [1.54, 1.807) is 0 Å². The third kappa shape index (κ3) is 4.28. The van der Waals surface area contributed by atoms with Crippen molar-refractivity contribution >= 4 is 11.8 Å². The molecule has 3 heteroatoms. The van der Waals surface area contributed by atoms with Crippen molar-refractivity contribution < 1.29 is 14.3 Å². The topological polar surface area (TPSA) is 43.4 Å². The summed E-state index contributed by atoms with van der Waals surface area (Å²) in [5.41, 5.74) is 0. The fourth-order valence-electron chi connectivity index (χ4n) is 1.94. The first-order chi connectivity index (χ1) is 7.24. The Morgan fingerprint density at radius 1 is 1.27 bits per heavy atom. The molecular formula is C12H18O3. The maximum atomic E-state index is 11.7. The summed E-state index contributed by atoms with van der Waals surface area (Å²) in [4.78, 5) is 22.4. The fraction of sp³-hybridized carbons (Fsp3) is 0.667. The number of esters is 1. The molecule has 0 aromatic carbocycles. The van der Waals surface area contributed by atoms with Gasteiger partial charge in [-0.2, -0.15) is 0 Å². The second-order valence-electron chi connectivity index (χ2n) is 3.92. The number of carbonyl (C=O) groups is 2. The van der Waals surface area contributed by atoms with Crippen molar-refractivity contribution in [1.29, 1.82) is 0 Å². The van der Waals surface area contributed by atoms with Gasteiger partial charge in [0.1, 0.15) is 5.78 Å². The average molecular weight is 210 g/mol. The highest BCUT2D eigenvalue weighted by Crippen LogP contribution is 2.25. The van der Waals surface area contributed by atoms with E-state index in [-0.39, 0.29) is 18.3 Å². The molecule has 1 saturated carbocycles. The second-order valence-corrected chi connectivity index (χ2v) is 3.92. The van der Waals surface area contributed by atoms with Crippen LogP contribution in [0.2, 0.25) is 0 Å². The van der Waals surface area contributed by atoms with E-state index >= 15 is 0 Å². The van der Waals surface area contributed by atoms with Crippen LogP contribution in [0.3, 0.4) is 0 Å². The largest absolute Gasteiger partial charge is 0.462 e. The van der Waals surface area contributed by atoms with Gasteiger partial charge in [-0.15, -0.1) is 0 Å². The van der Waals surface area contributed by atoms with Crippen LogP contribution in [0.25, 0.3) is 0 Å². The molecule has 0 amide bonds. The second kappa shape index (κ2) is 6.38. The molecule has 1 rings (SSSR count). The molecule has 0 aromatic rings. The summed E-state index contributed by atoms with van der Waals surface area (Å²) < 4.78 is 4.77. The maximum absolute atomic E-state index is 11.7. The quantitative estimate of drug-likeness (QED) is 0.516. The first kappa shape index (κ1) is 12.0. The highest BCUT2D eigenvalue weighted by atomic mass is 16.5. The van der Waals surface area contributed by atoms with Crippen LogP contribution in [0.4, 0.5) is 0 Å². The first-order valence-electron chi connectivity index (χ1n) is 5.56. The third-order valence-corrected chi connectivity index (χ3v) is 2.82. The molecule has 0 aromatic heterocycles. The molecule has 84 valence electrons. The summed E-state index contributed by atoms with van der Waals surface area (Å²) in [7, 11) is 0. The minimum absolute atomic E-state index is 0.195. The maximum Gasteiger partial charge on any atom is 0.330 e. The Kier molecular flexibility index (Phi) is 5.08. The molecule has 1 fully saturated rings. The predicted molar refractivity (Wildman–Crippen MR) is 57.4 cm³/mol. The van der Waals surface area contributed by atoms with Crippen molar-refractivity contribution in [3.05, 3.63) is 12.7 Å². The number of ether oxygens (including phenoxy) is 1. The molecule has 0 spiro atoms. The minimum atomic E-state index is -0.452. The van der Waals surface area contributed by atoms with Crippen LogP contribution in [-0.4, -0.2) is 18.4 Å². The molecule has 0 heterocycles. The SMILES string of the molecule is C=CC(=O)OCCC(=O)C1CCCCC1. The zero-order valence-corrected chi connectivity index (χ0v) is 9.04. The van der Waals surface area contributed by atoms with E-state index in [1.165, 1.54) is 6.42 Å². The Morgan fingerprint density at radius 3 is 2.53 bits per heavy atom. The standard InChI is InChI=1S/C12H18O3/c1-2-12(14)15-9-8-11(13)10-6-4-3-5-7-10/h2,10H,1,3-9H2. The number of Topliss-reactive ketones (excluding diaryl/α,β-unsaturated/α-hetero) is 1. The highest BCUT2D eigenvalue weighted by molar-refractivity contribution is 5.83. The van der Waals surface area contributed by atoms with Crippen LogP contribution < -0.4 is 0 Å². The van der Waals surface area contributed by atoms with E-state index in [0.29, 0.717) is 6.42 Å². The van der Waals surface area contributed by atoms with Crippen molar-refractivity contribution in [2.24, 2.45) is 5.92 Å². The molecule has 0 aliphatic heterocycles. The molecule has 1 aliphatic rings. The molecule has 0 bridgehead atoms. The Morgan fingerprint density at radius 2 is 1.93 bits per heavy atom. The van der Waals surface area contributed by atoms with Gasteiger partial charge in [-0.25, -0.2) is 4.79 Å². The first-order valence-corrected chi connectivity index (χ1v) is 5.56.